The maximum Gasteiger partial charge on any atom is 0.282 e. The van der Waals surface area contributed by atoms with Crippen LogP contribution in [0.3, 0.4) is 0 Å². The normalized spacial score (nSPS) is 11.8. The van der Waals surface area contributed by atoms with Crippen molar-refractivity contribution in [3.63, 3.8) is 0 Å². The molecule has 1 amide bonds. The number of nitrogens with zero attached hydrogens (tertiary/aromatic N) is 2. The van der Waals surface area contributed by atoms with Gasteiger partial charge in [0.1, 0.15) is 5.75 Å². The molecule has 3 aromatic rings. The molecule has 7 nitrogen and oxygen atoms in total. The van der Waals surface area contributed by atoms with E-state index in [1.807, 2.05) is 55.6 Å². The van der Waals surface area contributed by atoms with Crippen LogP contribution >= 0.6 is 0 Å². The Kier molecular flexibility index (Phi) is 5.60. The molecule has 26 heavy (non-hydrogen) atoms. The molecule has 2 aromatic carbocycles. The summed E-state index contributed by atoms with van der Waals surface area (Å²) in [6.45, 7) is 0.742. The average Bonchev–Trinajstić information content (AvgIpc) is 3.10. The van der Waals surface area contributed by atoms with Gasteiger partial charge in [-0.3, -0.25) is 4.79 Å². The standard InChI is InChI=1S/C19H20N4O3/c1-23(12-17(24)20-15-9-6-10-16(11-15)25-2)13-18-21-19(22-26-18)14-7-4-3-5-8-14/h3-11H,12-13H2,1-2H3,(H,20,24)/p+1. The summed E-state index contributed by atoms with van der Waals surface area (Å²) in [5, 5.41) is 6.85. The Hall–Kier alpha value is -3.19. The van der Waals surface area contributed by atoms with Gasteiger partial charge in [-0.2, -0.15) is 4.98 Å². The molecule has 0 spiro atoms. The average molecular weight is 353 g/mol. The van der Waals surface area contributed by atoms with Crippen LogP contribution in [0.15, 0.2) is 59.1 Å². The highest BCUT2D eigenvalue weighted by Crippen LogP contribution is 2.16. The van der Waals surface area contributed by atoms with E-state index in [-0.39, 0.29) is 12.5 Å². The highest BCUT2D eigenvalue weighted by atomic mass is 16.5. The van der Waals surface area contributed by atoms with Crippen molar-refractivity contribution in [1.82, 2.24) is 10.1 Å². The number of quaternary nitrogens is 1. The Morgan fingerprint density at radius 1 is 1.19 bits per heavy atom. The third-order valence-electron chi connectivity index (χ3n) is 3.77. The number of carbonyl (C=O) groups excluding carboxylic acids is 1. The van der Waals surface area contributed by atoms with Gasteiger partial charge in [0.15, 0.2) is 13.1 Å². The van der Waals surface area contributed by atoms with Crippen LogP contribution in [0.25, 0.3) is 11.4 Å². The molecule has 1 atom stereocenters. The number of hydrogen-bond acceptors (Lipinski definition) is 5. The molecule has 0 bridgehead atoms. The molecule has 0 aliphatic rings. The summed E-state index contributed by atoms with van der Waals surface area (Å²) in [4.78, 5) is 17.5. The molecule has 0 aliphatic carbocycles. The number of carbonyl (C=O) groups is 1. The molecule has 0 aliphatic heterocycles. The molecule has 0 saturated carbocycles. The lowest BCUT2D eigenvalue weighted by molar-refractivity contribution is -0.886. The number of benzene rings is 2. The Balaban J connectivity index is 1.54. The third-order valence-corrected chi connectivity index (χ3v) is 3.77. The van der Waals surface area contributed by atoms with Crippen LogP contribution < -0.4 is 15.0 Å². The summed E-state index contributed by atoms with van der Waals surface area (Å²) < 4.78 is 10.4. The van der Waals surface area contributed by atoms with E-state index in [1.54, 1.807) is 13.2 Å². The highest BCUT2D eigenvalue weighted by molar-refractivity contribution is 5.91. The fourth-order valence-corrected chi connectivity index (χ4v) is 2.53. The summed E-state index contributed by atoms with van der Waals surface area (Å²) in [7, 11) is 3.49. The van der Waals surface area contributed by atoms with Crippen molar-refractivity contribution >= 4 is 11.6 Å². The van der Waals surface area contributed by atoms with Crippen LogP contribution in [0.4, 0.5) is 5.69 Å². The zero-order chi connectivity index (χ0) is 18.4. The molecule has 2 N–H and O–H groups in total. The fourth-order valence-electron chi connectivity index (χ4n) is 2.53. The maximum absolute atomic E-state index is 12.2. The number of likely N-dealkylation sites (N-methyl/N-ethyl adjacent to an activating group) is 1. The van der Waals surface area contributed by atoms with Crippen molar-refractivity contribution in [3.05, 3.63) is 60.5 Å². The molecule has 1 heterocycles. The second-order valence-electron chi connectivity index (χ2n) is 5.97. The minimum Gasteiger partial charge on any atom is -0.497 e. The quantitative estimate of drug-likeness (QED) is 0.671. The van der Waals surface area contributed by atoms with Crippen LogP contribution in [-0.4, -0.2) is 36.8 Å². The van der Waals surface area contributed by atoms with Gasteiger partial charge >= 0.3 is 0 Å². The number of rotatable bonds is 7. The van der Waals surface area contributed by atoms with Gasteiger partial charge in [-0.15, -0.1) is 0 Å². The van der Waals surface area contributed by atoms with Crippen molar-refractivity contribution in [2.75, 3.05) is 26.0 Å². The van der Waals surface area contributed by atoms with Crippen molar-refractivity contribution < 1.29 is 19.0 Å². The third kappa shape index (κ3) is 4.67. The van der Waals surface area contributed by atoms with Gasteiger partial charge in [-0.05, 0) is 12.1 Å². The predicted octanol–water partition coefficient (Wildman–Crippen LogP) is 1.40. The van der Waals surface area contributed by atoms with Crippen molar-refractivity contribution in [2.45, 2.75) is 6.54 Å². The van der Waals surface area contributed by atoms with E-state index in [1.165, 1.54) is 0 Å². The summed E-state index contributed by atoms with van der Waals surface area (Å²) >= 11 is 0. The van der Waals surface area contributed by atoms with Crippen LogP contribution in [0, 0.1) is 0 Å². The zero-order valence-electron chi connectivity index (χ0n) is 14.7. The number of aromatic nitrogens is 2. The topological polar surface area (TPSA) is 81.7 Å². The lowest BCUT2D eigenvalue weighted by Gasteiger charge is -2.12. The second-order valence-corrected chi connectivity index (χ2v) is 5.97. The van der Waals surface area contributed by atoms with Crippen molar-refractivity contribution in [1.29, 1.82) is 0 Å². The molecule has 1 aromatic heterocycles. The molecule has 134 valence electrons. The Morgan fingerprint density at radius 2 is 2.00 bits per heavy atom. The van der Waals surface area contributed by atoms with E-state index in [2.05, 4.69) is 15.5 Å². The van der Waals surface area contributed by atoms with Crippen molar-refractivity contribution in [2.24, 2.45) is 0 Å². The minimum atomic E-state index is -0.0986. The van der Waals surface area contributed by atoms with Gasteiger partial charge < -0.3 is 19.5 Å². The molecule has 3 rings (SSSR count). The second kappa shape index (κ2) is 8.26. The first-order valence-electron chi connectivity index (χ1n) is 8.27. The maximum atomic E-state index is 12.2. The van der Waals surface area contributed by atoms with E-state index in [0.717, 1.165) is 10.5 Å². The van der Waals surface area contributed by atoms with E-state index < -0.39 is 0 Å². The van der Waals surface area contributed by atoms with Gasteiger partial charge in [0.25, 0.3) is 11.8 Å². The molecule has 1 unspecified atom stereocenters. The largest absolute Gasteiger partial charge is 0.497 e. The SMILES string of the molecule is COc1cccc(NC(=O)C[NH+](C)Cc2nc(-c3ccccc3)no2)c1. The Bertz CT molecular complexity index is 864. The molecule has 7 heteroatoms. The van der Waals surface area contributed by atoms with Gasteiger partial charge in [0.2, 0.25) is 5.82 Å². The smallest absolute Gasteiger partial charge is 0.282 e. The number of ether oxygens (including phenoxy) is 1. The van der Waals surface area contributed by atoms with E-state index >= 15 is 0 Å². The molecular formula is C19H21N4O3+. The number of nitrogens with one attached hydrogen (secondary N) is 2. The van der Waals surface area contributed by atoms with Crippen LogP contribution in [0.2, 0.25) is 0 Å². The monoisotopic (exact) mass is 353 g/mol. The van der Waals surface area contributed by atoms with Gasteiger partial charge in [0.05, 0.1) is 14.2 Å². The van der Waals surface area contributed by atoms with Gasteiger partial charge in [0, 0.05) is 17.3 Å². The van der Waals surface area contributed by atoms with Crippen LogP contribution in [0.5, 0.6) is 5.75 Å². The van der Waals surface area contributed by atoms with Crippen LogP contribution in [-0.2, 0) is 11.3 Å². The van der Waals surface area contributed by atoms with Gasteiger partial charge in [-0.25, -0.2) is 0 Å². The lowest BCUT2D eigenvalue weighted by atomic mass is 10.2. The Morgan fingerprint density at radius 3 is 2.77 bits per heavy atom. The first-order chi connectivity index (χ1) is 12.6. The molecule has 0 saturated heterocycles. The first-order valence-corrected chi connectivity index (χ1v) is 8.27. The van der Waals surface area contributed by atoms with E-state index in [0.29, 0.717) is 29.7 Å². The Labute approximate surface area is 151 Å². The molecular weight excluding hydrogens is 332 g/mol. The van der Waals surface area contributed by atoms with Crippen molar-refractivity contribution in [3.8, 4) is 17.1 Å². The summed E-state index contributed by atoms with van der Waals surface area (Å²) in [6, 6.07) is 16.9. The fraction of sp³-hybridized carbons (Fsp3) is 0.211. The minimum absolute atomic E-state index is 0.0986. The summed E-state index contributed by atoms with van der Waals surface area (Å²) in [5.41, 5.74) is 1.60. The summed E-state index contributed by atoms with van der Waals surface area (Å²) in [6.07, 6.45) is 0. The highest BCUT2D eigenvalue weighted by Gasteiger charge is 2.16. The zero-order valence-corrected chi connectivity index (χ0v) is 14.7. The van der Waals surface area contributed by atoms with E-state index in [4.69, 9.17) is 9.26 Å². The number of amides is 1. The van der Waals surface area contributed by atoms with E-state index in [9.17, 15) is 4.79 Å². The number of anilines is 1. The number of methoxy groups -OCH3 is 1. The molecule has 0 radical (unpaired) electrons. The first kappa shape index (κ1) is 17.6. The summed E-state index contributed by atoms with van der Waals surface area (Å²) in [5.74, 6) is 1.64. The number of hydrogen-bond donors (Lipinski definition) is 2. The van der Waals surface area contributed by atoms with Gasteiger partial charge in [-0.1, -0.05) is 41.6 Å². The lowest BCUT2D eigenvalue weighted by Crippen LogP contribution is -3.08. The molecule has 0 fully saturated rings. The predicted molar refractivity (Wildman–Crippen MR) is 96.8 cm³/mol. The van der Waals surface area contributed by atoms with Crippen LogP contribution in [0.1, 0.15) is 5.89 Å².